The number of aromatic nitrogens is 1. The van der Waals surface area contributed by atoms with Gasteiger partial charge in [-0.15, -0.1) is 0 Å². The highest BCUT2D eigenvalue weighted by Crippen LogP contribution is 2.04. The molecule has 0 saturated heterocycles. The van der Waals surface area contributed by atoms with Crippen LogP contribution < -0.4 is 11.1 Å². The summed E-state index contributed by atoms with van der Waals surface area (Å²) >= 11 is 4.82. The zero-order valence-corrected chi connectivity index (χ0v) is 10.7. The van der Waals surface area contributed by atoms with Crippen LogP contribution in [0.4, 0.5) is 5.82 Å². The third-order valence-corrected chi connectivity index (χ3v) is 3.54. The van der Waals surface area contributed by atoms with Crippen molar-refractivity contribution in [2.75, 3.05) is 23.4 Å². The molecule has 0 aliphatic carbocycles. The van der Waals surface area contributed by atoms with Crippen molar-refractivity contribution in [3.8, 4) is 0 Å². The molecule has 1 aromatic rings. The van der Waals surface area contributed by atoms with Crippen LogP contribution in [0, 0.1) is 0 Å². The Labute approximate surface area is 103 Å². The summed E-state index contributed by atoms with van der Waals surface area (Å²) in [6, 6.07) is 3.62. The molecule has 16 heavy (non-hydrogen) atoms. The van der Waals surface area contributed by atoms with E-state index in [1.807, 2.05) is 19.1 Å². The van der Waals surface area contributed by atoms with E-state index < -0.39 is 10.8 Å². The lowest BCUT2D eigenvalue weighted by Crippen LogP contribution is -2.13. The Morgan fingerprint density at radius 3 is 2.88 bits per heavy atom. The van der Waals surface area contributed by atoms with E-state index in [9.17, 15) is 4.21 Å². The van der Waals surface area contributed by atoms with E-state index in [0.29, 0.717) is 23.0 Å². The minimum atomic E-state index is -0.743. The number of pyridine rings is 1. The van der Waals surface area contributed by atoms with Crippen LogP contribution in [0.25, 0.3) is 0 Å². The second-order valence-corrected chi connectivity index (χ2v) is 5.46. The lowest BCUT2D eigenvalue weighted by Gasteiger charge is -2.05. The summed E-state index contributed by atoms with van der Waals surface area (Å²) in [4.78, 5) is 4.48. The van der Waals surface area contributed by atoms with Crippen LogP contribution in [0.5, 0.6) is 0 Å². The maximum absolute atomic E-state index is 11.2. The first-order valence-corrected chi connectivity index (χ1v) is 6.87. The van der Waals surface area contributed by atoms with Crippen molar-refractivity contribution in [1.29, 1.82) is 0 Å². The molecular weight excluding hydrogens is 242 g/mol. The number of hydrogen-bond acceptors (Lipinski definition) is 4. The summed E-state index contributed by atoms with van der Waals surface area (Å²) in [6.45, 7) is 2.56. The molecule has 6 heteroatoms. The number of thiocarbonyl (C=S) groups is 1. The lowest BCUT2D eigenvalue weighted by atomic mass is 10.3. The van der Waals surface area contributed by atoms with E-state index in [-0.39, 0.29) is 0 Å². The van der Waals surface area contributed by atoms with Gasteiger partial charge in [0.1, 0.15) is 10.8 Å². The van der Waals surface area contributed by atoms with Gasteiger partial charge in [0.15, 0.2) is 0 Å². The fourth-order valence-corrected chi connectivity index (χ4v) is 1.82. The minimum absolute atomic E-state index is 0.339. The summed E-state index contributed by atoms with van der Waals surface area (Å²) in [5.74, 6) is 2.07. The highest BCUT2D eigenvalue weighted by Gasteiger charge is 1.99. The van der Waals surface area contributed by atoms with Crippen LogP contribution in [0.15, 0.2) is 18.3 Å². The Hall–Kier alpha value is -1.01. The molecule has 0 saturated carbocycles. The number of nitrogens with zero attached hydrogens (tertiary/aromatic N) is 1. The quantitative estimate of drug-likeness (QED) is 0.741. The van der Waals surface area contributed by atoms with Gasteiger partial charge in [-0.3, -0.25) is 4.21 Å². The van der Waals surface area contributed by atoms with Crippen molar-refractivity contribution in [3.05, 3.63) is 23.9 Å². The molecule has 1 heterocycles. The van der Waals surface area contributed by atoms with Gasteiger partial charge in [-0.25, -0.2) is 4.98 Å². The van der Waals surface area contributed by atoms with Crippen molar-refractivity contribution in [2.45, 2.75) is 6.92 Å². The number of nitrogens with two attached hydrogens (primary N) is 1. The zero-order chi connectivity index (χ0) is 12.0. The largest absolute Gasteiger partial charge is 0.389 e. The topological polar surface area (TPSA) is 68.0 Å². The SMILES string of the molecule is CCS(=O)CCNc1ccc(C(N)=S)cn1. The molecule has 88 valence electrons. The van der Waals surface area contributed by atoms with Gasteiger partial charge in [-0.2, -0.15) is 0 Å². The van der Waals surface area contributed by atoms with Crippen LogP contribution in [-0.2, 0) is 10.8 Å². The fraction of sp³-hybridized carbons (Fsp3) is 0.400. The van der Waals surface area contributed by atoms with Crippen LogP contribution in [-0.4, -0.2) is 32.2 Å². The fourth-order valence-electron chi connectivity index (χ4n) is 1.08. The molecular formula is C10H15N3OS2. The molecule has 0 bridgehead atoms. The molecule has 0 aromatic carbocycles. The van der Waals surface area contributed by atoms with Crippen molar-refractivity contribution in [2.24, 2.45) is 5.73 Å². The van der Waals surface area contributed by atoms with Gasteiger partial charge in [-0.05, 0) is 12.1 Å². The Morgan fingerprint density at radius 1 is 1.62 bits per heavy atom. The van der Waals surface area contributed by atoms with Crippen molar-refractivity contribution < 1.29 is 4.21 Å². The second-order valence-electron chi connectivity index (χ2n) is 3.16. The predicted molar refractivity (Wildman–Crippen MR) is 72.2 cm³/mol. The van der Waals surface area contributed by atoms with Crippen LogP contribution in [0.1, 0.15) is 12.5 Å². The molecule has 1 aromatic heterocycles. The highest BCUT2D eigenvalue weighted by atomic mass is 32.2. The molecule has 0 aliphatic rings. The number of hydrogen-bond donors (Lipinski definition) is 2. The first-order chi connectivity index (χ1) is 7.63. The molecule has 0 radical (unpaired) electrons. The van der Waals surface area contributed by atoms with Gasteiger partial charge >= 0.3 is 0 Å². The highest BCUT2D eigenvalue weighted by molar-refractivity contribution is 7.84. The first kappa shape index (κ1) is 13.1. The Kier molecular flexibility index (Phi) is 5.34. The van der Waals surface area contributed by atoms with Crippen LogP contribution in [0.2, 0.25) is 0 Å². The number of anilines is 1. The third-order valence-electron chi connectivity index (χ3n) is 2.01. The summed E-state index contributed by atoms with van der Waals surface area (Å²) < 4.78 is 11.2. The molecule has 0 spiro atoms. The van der Waals surface area contributed by atoms with Gasteiger partial charge in [0.2, 0.25) is 0 Å². The van der Waals surface area contributed by atoms with E-state index in [4.69, 9.17) is 18.0 Å². The van der Waals surface area contributed by atoms with E-state index in [1.54, 1.807) is 6.20 Å². The van der Waals surface area contributed by atoms with Crippen LogP contribution in [0.3, 0.4) is 0 Å². The lowest BCUT2D eigenvalue weighted by molar-refractivity contribution is 0.684. The number of rotatable bonds is 6. The Bertz CT molecular complexity index is 378. The Morgan fingerprint density at radius 2 is 2.38 bits per heavy atom. The van der Waals surface area contributed by atoms with Gasteiger partial charge in [0.05, 0.1) is 0 Å². The van der Waals surface area contributed by atoms with Gasteiger partial charge in [0.25, 0.3) is 0 Å². The standard InChI is InChI=1S/C10H15N3OS2/c1-2-16(14)6-5-12-9-4-3-8(7-13-9)10(11)15/h3-4,7H,2,5-6H2,1H3,(H2,11,15)(H,12,13). The molecule has 3 N–H and O–H groups in total. The molecule has 1 unspecified atom stereocenters. The molecule has 4 nitrogen and oxygen atoms in total. The molecule has 1 rings (SSSR count). The van der Waals surface area contributed by atoms with Gasteiger partial charge in [-0.1, -0.05) is 19.1 Å². The second kappa shape index (κ2) is 6.55. The monoisotopic (exact) mass is 257 g/mol. The predicted octanol–water partition coefficient (Wildman–Crippen LogP) is 0.896. The average molecular weight is 257 g/mol. The molecule has 0 amide bonds. The zero-order valence-electron chi connectivity index (χ0n) is 9.10. The van der Waals surface area contributed by atoms with E-state index in [1.165, 1.54) is 0 Å². The third kappa shape index (κ3) is 4.24. The van der Waals surface area contributed by atoms with Crippen molar-refractivity contribution >= 4 is 33.8 Å². The normalized spacial score (nSPS) is 12.1. The summed E-state index contributed by atoms with van der Waals surface area (Å²) in [7, 11) is -0.743. The smallest absolute Gasteiger partial charge is 0.125 e. The molecule has 0 aliphatic heterocycles. The van der Waals surface area contributed by atoms with Crippen LogP contribution >= 0.6 is 12.2 Å². The van der Waals surface area contributed by atoms with Crippen molar-refractivity contribution in [3.63, 3.8) is 0 Å². The summed E-state index contributed by atoms with van der Waals surface area (Å²) in [5.41, 5.74) is 6.20. The van der Waals surface area contributed by atoms with Crippen molar-refractivity contribution in [1.82, 2.24) is 4.98 Å². The van der Waals surface area contributed by atoms with E-state index in [2.05, 4.69) is 10.3 Å². The average Bonchev–Trinajstić information content (AvgIpc) is 2.29. The first-order valence-electron chi connectivity index (χ1n) is 4.98. The summed E-state index contributed by atoms with van der Waals surface area (Å²) in [5, 5.41) is 3.09. The van der Waals surface area contributed by atoms with E-state index >= 15 is 0 Å². The maximum Gasteiger partial charge on any atom is 0.125 e. The number of nitrogens with one attached hydrogen (secondary N) is 1. The summed E-state index contributed by atoms with van der Waals surface area (Å²) in [6.07, 6.45) is 1.63. The molecule has 1 atom stereocenters. The van der Waals surface area contributed by atoms with Gasteiger partial charge in [0, 0.05) is 40.6 Å². The van der Waals surface area contributed by atoms with Gasteiger partial charge < -0.3 is 11.1 Å². The molecule has 0 fully saturated rings. The maximum atomic E-state index is 11.2. The van der Waals surface area contributed by atoms with E-state index in [0.717, 1.165) is 11.4 Å². The minimum Gasteiger partial charge on any atom is -0.389 e. The Balaban J connectivity index is 2.43.